The van der Waals surface area contributed by atoms with Crippen molar-refractivity contribution in [3.05, 3.63) is 50.0 Å². The molecule has 0 aliphatic rings. The Bertz CT molecular complexity index is 964. The second-order valence-corrected chi connectivity index (χ2v) is 7.39. The van der Waals surface area contributed by atoms with Gasteiger partial charge in [-0.15, -0.1) is 11.3 Å². The molecule has 0 bridgehead atoms. The lowest BCUT2D eigenvalue weighted by atomic mass is 10.3. The molecule has 3 aromatic rings. The van der Waals surface area contributed by atoms with E-state index in [0.29, 0.717) is 31.1 Å². The number of benzene rings is 1. The van der Waals surface area contributed by atoms with Gasteiger partial charge in [0.1, 0.15) is 11.2 Å². The Balaban J connectivity index is 1.90. The summed E-state index contributed by atoms with van der Waals surface area (Å²) in [5.41, 5.74) is 0.896. The van der Waals surface area contributed by atoms with Crippen LogP contribution in [0.1, 0.15) is 0 Å². The fraction of sp³-hybridized carbons (Fsp3) is 0.133. The predicted molar refractivity (Wildman–Crippen MR) is 101 cm³/mol. The van der Waals surface area contributed by atoms with E-state index in [1.807, 2.05) is 11.6 Å². The highest BCUT2D eigenvalue weighted by Gasteiger charge is 2.14. The molecule has 0 radical (unpaired) electrons. The van der Waals surface area contributed by atoms with Crippen LogP contribution in [0.3, 0.4) is 0 Å². The van der Waals surface area contributed by atoms with Gasteiger partial charge in [0.25, 0.3) is 5.56 Å². The van der Waals surface area contributed by atoms with Gasteiger partial charge in [0, 0.05) is 15.7 Å². The lowest BCUT2D eigenvalue weighted by Crippen LogP contribution is -2.29. The number of halogens is 2. The van der Waals surface area contributed by atoms with Crippen molar-refractivity contribution in [1.29, 1.82) is 0 Å². The third-order valence-electron chi connectivity index (χ3n) is 3.16. The van der Waals surface area contributed by atoms with Gasteiger partial charge in [-0.25, -0.2) is 4.98 Å². The highest BCUT2D eigenvalue weighted by Crippen LogP contribution is 2.23. The molecular weight excluding hydrogens is 389 g/mol. The number of anilines is 1. The summed E-state index contributed by atoms with van der Waals surface area (Å²) in [4.78, 5) is 29.3. The molecule has 0 spiro atoms. The van der Waals surface area contributed by atoms with E-state index < -0.39 is 0 Å². The van der Waals surface area contributed by atoms with Crippen LogP contribution < -0.4 is 10.9 Å². The first-order valence-corrected chi connectivity index (χ1v) is 9.62. The number of aromatic nitrogens is 2. The van der Waals surface area contributed by atoms with Gasteiger partial charge in [0.15, 0.2) is 5.16 Å². The molecule has 0 unspecified atom stereocenters. The molecule has 1 amide bonds. The van der Waals surface area contributed by atoms with E-state index in [4.69, 9.17) is 23.2 Å². The Labute approximate surface area is 155 Å². The number of nitrogens with zero attached hydrogens (tertiary/aromatic N) is 2. The minimum Gasteiger partial charge on any atom is -0.324 e. The minimum atomic E-state index is -0.358. The molecule has 0 aliphatic carbocycles. The molecule has 0 atom stereocenters. The quantitative estimate of drug-likeness (QED) is 0.529. The van der Waals surface area contributed by atoms with E-state index in [2.05, 4.69) is 10.3 Å². The summed E-state index contributed by atoms with van der Waals surface area (Å²) in [6, 6.07) is 6.54. The van der Waals surface area contributed by atoms with Crippen molar-refractivity contribution in [2.75, 3.05) is 11.6 Å². The number of carbonyl (C=O) groups is 1. The van der Waals surface area contributed by atoms with Crippen molar-refractivity contribution in [1.82, 2.24) is 9.55 Å². The maximum atomic E-state index is 12.6. The Kier molecular flexibility index (Phi) is 5.15. The van der Waals surface area contributed by atoms with Crippen molar-refractivity contribution < 1.29 is 4.79 Å². The van der Waals surface area contributed by atoms with Crippen LogP contribution in [0.5, 0.6) is 0 Å². The summed E-state index contributed by atoms with van der Waals surface area (Å²) in [6.07, 6.45) is 1.81. The van der Waals surface area contributed by atoms with Gasteiger partial charge in [0.05, 0.1) is 5.52 Å². The smallest absolute Gasteiger partial charge is 0.272 e. The molecule has 0 saturated heterocycles. The minimum absolute atomic E-state index is 0.139. The highest BCUT2D eigenvalue weighted by molar-refractivity contribution is 7.98. The average molecular weight is 400 g/mol. The first-order valence-electron chi connectivity index (χ1n) is 6.76. The fourth-order valence-corrected chi connectivity index (χ4v) is 4.05. The first-order chi connectivity index (χ1) is 11.5. The number of thioether (sulfide) groups is 1. The number of nitrogens with one attached hydrogen (secondary N) is 1. The van der Waals surface area contributed by atoms with E-state index in [1.165, 1.54) is 27.7 Å². The van der Waals surface area contributed by atoms with Crippen LogP contribution in [0.2, 0.25) is 10.0 Å². The molecule has 0 fully saturated rings. The van der Waals surface area contributed by atoms with Crippen LogP contribution in [-0.4, -0.2) is 21.7 Å². The highest BCUT2D eigenvalue weighted by atomic mass is 35.5. The fourth-order valence-electron chi connectivity index (χ4n) is 2.19. The average Bonchev–Trinajstić information content (AvgIpc) is 2.97. The molecule has 1 aromatic carbocycles. The molecule has 1 N–H and O–H groups in total. The number of thiophene rings is 1. The number of hydrogen-bond acceptors (Lipinski definition) is 5. The Morgan fingerprint density at radius 3 is 2.71 bits per heavy atom. The number of amides is 1. The van der Waals surface area contributed by atoms with E-state index in [1.54, 1.807) is 24.3 Å². The largest absolute Gasteiger partial charge is 0.324 e. The molecule has 0 saturated carbocycles. The van der Waals surface area contributed by atoms with Crippen molar-refractivity contribution in [3.8, 4) is 0 Å². The third kappa shape index (κ3) is 3.59. The zero-order valence-electron chi connectivity index (χ0n) is 12.4. The predicted octanol–water partition coefficient (Wildman–Crippen LogP) is 4.13. The Morgan fingerprint density at radius 1 is 1.33 bits per heavy atom. The lowest BCUT2D eigenvalue weighted by molar-refractivity contribution is -0.116. The van der Waals surface area contributed by atoms with E-state index >= 15 is 0 Å². The summed E-state index contributed by atoms with van der Waals surface area (Å²) in [5, 5.41) is 5.83. The molecule has 2 aromatic heterocycles. The molecule has 24 heavy (non-hydrogen) atoms. The maximum absolute atomic E-state index is 12.6. The van der Waals surface area contributed by atoms with Crippen molar-refractivity contribution in [2.24, 2.45) is 0 Å². The first kappa shape index (κ1) is 17.3. The Hall–Kier alpha value is -1.54. The maximum Gasteiger partial charge on any atom is 0.272 e. The molecule has 124 valence electrons. The second kappa shape index (κ2) is 7.14. The number of fused-ring (bicyclic) bond motifs is 1. The van der Waals surface area contributed by atoms with Gasteiger partial charge in [-0.3, -0.25) is 14.2 Å². The standard InChI is InChI=1S/C15H11Cl2N3O2S2/c1-23-15-19-11-2-3-24-13(11)14(22)20(15)7-12(21)18-10-5-8(16)4-9(17)6-10/h2-6H,7H2,1H3,(H,18,21). The zero-order valence-corrected chi connectivity index (χ0v) is 15.5. The van der Waals surface area contributed by atoms with E-state index in [9.17, 15) is 9.59 Å². The Morgan fingerprint density at radius 2 is 2.04 bits per heavy atom. The van der Waals surface area contributed by atoms with Gasteiger partial charge in [-0.05, 0) is 35.9 Å². The molecule has 5 nitrogen and oxygen atoms in total. The number of hydrogen-bond donors (Lipinski definition) is 1. The van der Waals surface area contributed by atoms with Crippen molar-refractivity contribution in [3.63, 3.8) is 0 Å². The van der Waals surface area contributed by atoms with Gasteiger partial charge in [-0.2, -0.15) is 0 Å². The third-order valence-corrected chi connectivity index (χ3v) is 5.17. The van der Waals surface area contributed by atoms with Crippen LogP contribution in [0.4, 0.5) is 5.69 Å². The summed E-state index contributed by atoms with van der Waals surface area (Å²) >= 11 is 14.5. The summed E-state index contributed by atoms with van der Waals surface area (Å²) in [7, 11) is 0. The van der Waals surface area contributed by atoms with Crippen molar-refractivity contribution in [2.45, 2.75) is 11.7 Å². The van der Waals surface area contributed by atoms with E-state index in [0.717, 1.165) is 0 Å². The molecule has 2 heterocycles. The molecular formula is C15H11Cl2N3O2S2. The second-order valence-electron chi connectivity index (χ2n) is 4.83. The number of rotatable bonds is 4. The normalized spacial score (nSPS) is 11.0. The topological polar surface area (TPSA) is 64.0 Å². The van der Waals surface area contributed by atoms with Gasteiger partial charge >= 0.3 is 0 Å². The van der Waals surface area contributed by atoms with Crippen LogP contribution in [0.15, 0.2) is 39.6 Å². The summed E-state index contributed by atoms with van der Waals surface area (Å²) < 4.78 is 1.90. The van der Waals surface area contributed by atoms with Crippen LogP contribution in [-0.2, 0) is 11.3 Å². The SMILES string of the molecule is CSc1nc2ccsc2c(=O)n1CC(=O)Nc1cc(Cl)cc(Cl)c1. The van der Waals surface area contributed by atoms with Crippen LogP contribution in [0.25, 0.3) is 10.2 Å². The van der Waals surface area contributed by atoms with Gasteiger partial charge in [-0.1, -0.05) is 35.0 Å². The lowest BCUT2D eigenvalue weighted by Gasteiger charge is -2.11. The van der Waals surface area contributed by atoms with Gasteiger partial charge < -0.3 is 5.32 Å². The zero-order chi connectivity index (χ0) is 17.3. The molecule has 3 rings (SSSR count). The number of carbonyl (C=O) groups excluding carboxylic acids is 1. The van der Waals surface area contributed by atoms with Crippen LogP contribution in [0, 0.1) is 0 Å². The monoisotopic (exact) mass is 399 g/mol. The van der Waals surface area contributed by atoms with Gasteiger partial charge in [0.2, 0.25) is 5.91 Å². The molecule has 0 aliphatic heterocycles. The van der Waals surface area contributed by atoms with E-state index in [-0.39, 0.29) is 18.0 Å². The van der Waals surface area contributed by atoms with Crippen LogP contribution >= 0.6 is 46.3 Å². The molecule has 9 heteroatoms. The summed E-state index contributed by atoms with van der Waals surface area (Å²) in [5.74, 6) is -0.358. The summed E-state index contributed by atoms with van der Waals surface area (Å²) in [6.45, 7) is -0.139. The van der Waals surface area contributed by atoms with Crippen molar-refractivity contribution >= 4 is 68.1 Å².